The topological polar surface area (TPSA) is 38.8 Å². The van der Waals surface area contributed by atoms with Gasteiger partial charge in [0.1, 0.15) is 17.7 Å². The largest absolute Gasteiger partial charge is 0.467 e. The average molecular weight is 214 g/mol. The van der Waals surface area contributed by atoms with E-state index in [9.17, 15) is 13.6 Å². The Labute approximate surface area is 84.6 Å². The molecule has 1 fully saturated rings. The maximum Gasteiger partial charge on any atom is 0.338 e. The molecule has 1 aromatic rings. The minimum atomic E-state index is -0.769. The maximum absolute atomic E-state index is 13.2. The van der Waals surface area contributed by atoms with Crippen molar-refractivity contribution in [2.24, 2.45) is 0 Å². The van der Waals surface area contributed by atoms with Gasteiger partial charge in [0.05, 0.1) is 7.11 Å². The first-order valence-electron chi connectivity index (χ1n) is 4.31. The highest BCUT2D eigenvalue weighted by Crippen LogP contribution is 2.40. The van der Waals surface area contributed by atoms with Gasteiger partial charge in [-0.25, -0.2) is 13.6 Å². The van der Waals surface area contributed by atoms with Gasteiger partial charge in [-0.3, -0.25) is 0 Å². The first-order chi connectivity index (χ1) is 7.13. The predicted molar refractivity (Wildman–Crippen MR) is 46.0 cm³/mol. The van der Waals surface area contributed by atoms with Crippen molar-refractivity contribution in [1.29, 1.82) is 0 Å². The van der Waals surface area contributed by atoms with Crippen LogP contribution in [-0.2, 0) is 14.3 Å². The lowest BCUT2D eigenvalue weighted by Gasteiger charge is -1.98. The van der Waals surface area contributed by atoms with Crippen molar-refractivity contribution in [3.05, 3.63) is 35.4 Å². The zero-order valence-corrected chi connectivity index (χ0v) is 7.87. The van der Waals surface area contributed by atoms with Crippen molar-refractivity contribution in [1.82, 2.24) is 0 Å². The summed E-state index contributed by atoms with van der Waals surface area (Å²) in [5, 5.41) is 0. The summed E-state index contributed by atoms with van der Waals surface area (Å²) in [5.41, 5.74) is 0.173. The van der Waals surface area contributed by atoms with Crippen LogP contribution in [0.25, 0.3) is 0 Å². The Hall–Kier alpha value is -1.49. The summed E-state index contributed by atoms with van der Waals surface area (Å²) in [7, 11) is 1.22. The highest BCUT2D eigenvalue weighted by Gasteiger charge is 2.48. The molecule has 5 heteroatoms. The molecule has 2 atom stereocenters. The fourth-order valence-corrected chi connectivity index (χ4v) is 1.38. The van der Waals surface area contributed by atoms with Crippen molar-refractivity contribution in [2.45, 2.75) is 12.2 Å². The molecule has 1 heterocycles. The number of hydrogen-bond donors (Lipinski definition) is 0. The summed E-state index contributed by atoms with van der Waals surface area (Å²) in [6, 6.07) is 3.14. The third kappa shape index (κ3) is 1.83. The second-order valence-electron chi connectivity index (χ2n) is 3.17. The van der Waals surface area contributed by atoms with Crippen molar-refractivity contribution < 1.29 is 23.0 Å². The molecule has 1 saturated heterocycles. The third-order valence-electron chi connectivity index (χ3n) is 2.19. The van der Waals surface area contributed by atoms with E-state index in [-0.39, 0.29) is 5.56 Å². The summed E-state index contributed by atoms with van der Waals surface area (Å²) in [5.74, 6) is -1.93. The second kappa shape index (κ2) is 3.58. The van der Waals surface area contributed by atoms with Crippen LogP contribution in [0.4, 0.5) is 8.78 Å². The van der Waals surface area contributed by atoms with Gasteiger partial charge in [-0.1, -0.05) is 6.07 Å². The molecule has 0 amide bonds. The molecular formula is C10H8F2O3. The lowest BCUT2D eigenvalue weighted by molar-refractivity contribution is -0.142. The van der Waals surface area contributed by atoms with Gasteiger partial charge in [0.2, 0.25) is 0 Å². The van der Waals surface area contributed by atoms with Crippen LogP contribution in [0.1, 0.15) is 11.7 Å². The number of epoxide rings is 1. The zero-order chi connectivity index (χ0) is 11.0. The minimum absolute atomic E-state index is 0.173. The molecule has 0 unspecified atom stereocenters. The van der Waals surface area contributed by atoms with Crippen LogP contribution >= 0.6 is 0 Å². The summed E-state index contributed by atoms with van der Waals surface area (Å²) in [6.45, 7) is 0. The summed E-state index contributed by atoms with van der Waals surface area (Å²) < 4.78 is 35.2. The lowest BCUT2D eigenvalue weighted by atomic mass is 10.1. The standard InChI is InChI=1S/C10H8F2O3/c1-14-10(13)9-8(15-9)6-3-2-5(11)4-7(6)12/h2-4,8-9H,1H3/t8-,9-/m1/s1. The van der Waals surface area contributed by atoms with Gasteiger partial charge < -0.3 is 9.47 Å². The molecule has 0 aromatic heterocycles. The van der Waals surface area contributed by atoms with E-state index in [1.165, 1.54) is 13.2 Å². The molecule has 15 heavy (non-hydrogen) atoms. The number of carbonyl (C=O) groups is 1. The first kappa shape index (κ1) is 10.0. The summed E-state index contributed by atoms with van der Waals surface area (Å²) in [6.07, 6.45) is -1.42. The molecule has 3 nitrogen and oxygen atoms in total. The lowest BCUT2D eigenvalue weighted by Crippen LogP contribution is -2.09. The molecule has 1 aromatic carbocycles. The van der Waals surface area contributed by atoms with Crippen LogP contribution in [0.15, 0.2) is 18.2 Å². The van der Waals surface area contributed by atoms with E-state index in [4.69, 9.17) is 4.74 Å². The Balaban J connectivity index is 2.16. The van der Waals surface area contributed by atoms with Gasteiger partial charge in [0, 0.05) is 11.6 Å². The average Bonchev–Trinajstić information content (AvgIpc) is 2.96. The van der Waals surface area contributed by atoms with Crippen molar-refractivity contribution >= 4 is 5.97 Å². The van der Waals surface area contributed by atoms with E-state index >= 15 is 0 Å². The molecule has 80 valence electrons. The highest BCUT2D eigenvalue weighted by atomic mass is 19.1. The van der Waals surface area contributed by atoms with Gasteiger partial charge in [-0.05, 0) is 6.07 Å². The van der Waals surface area contributed by atoms with E-state index in [2.05, 4.69) is 4.74 Å². The van der Waals surface area contributed by atoms with Gasteiger partial charge in [-0.2, -0.15) is 0 Å². The van der Waals surface area contributed by atoms with Crippen molar-refractivity contribution in [3.8, 4) is 0 Å². The van der Waals surface area contributed by atoms with Gasteiger partial charge in [0.25, 0.3) is 0 Å². The first-order valence-corrected chi connectivity index (χ1v) is 4.31. The van der Waals surface area contributed by atoms with Crippen LogP contribution in [0.2, 0.25) is 0 Å². The molecule has 1 aliphatic heterocycles. The predicted octanol–water partition coefficient (Wildman–Crippen LogP) is 1.58. The number of benzene rings is 1. The van der Waals surface area contributed by atoms with Gasteiger partial charge in [0.15, 0.2) is 6.10 Å². The normalized spacial score (nSPS) is 23.7. The molecule has 0 bridgehead atoms. The monoisotopic (exact) mass is 214 g/mol. The highest BCUT2D eigenvalue weighted by molar-refractivity contribution is 5.78. The molecular weight excluding hydrogens is 206 g/mol. The van der Waals surface area contributed by atoms with E-state index in [0.717, 1.165) is 12.1 Å². The molecule has 0 spiro atoms. The quantitative estimate of drug-likeness (QED) is 0.554. The number of esters is 1. The zero-order valence-electron chi connectivity index (χ0n) is 7.87. The molecule has 1 aliphatic rings. The van der Waals surface area contributed by atoms with Crippen molar-refractivity contribution in [2.75, 3.05) is 7.11 Å². The molecule has 2 rings (SSSR count). The summed E-state index contributed by atoms with van der Waals surface area (Å²) in [4.78, 5) is 11.0. The van der Waals surface area contributed by atoms with E-state index in [1.807, 2.05) is 0 Å². The van der Waals surface area contributed by atoms with E-state index < -0.39 is 29.8 Å². The third-order valence-corrected chi connectivity index (χ3v) is 2.19. The molecule has 0 N–H and O–H groups in total. The number of rotatable bonds is 2. The maximum atomic E-state index is 13.2. The van der Waals surface area contributed by atoms with Crippen LogP contribution in [-0.4, -0.2) is 19.2 Å². The summed E-state index contributed by atoms with van der Waals surface area (Å²) >= 11 is 0. The van der Waals surface area contributed by atoms with Crippen LogP contribution < -0.4 is 0 Å². The fourth-order valence-electron chi connectivity index (χ4n) is 1.38. The Morgan fingerprint density at radius 1 is 1.47 bits per heavy atom. The van der Waals surface area contributed by atoms with Crippen LogP contribution in [0.3, 0.4) is 0 Å². The Bertz CT molecular complexity index is 406. The number of hydrogen-bond acceptors (Lipinski definition) is 3. The fraction of sp³-hybridized carbons (Fsp3) is 0.300. The Morgan fingerprint density at radius 3 is 2.80 bits per heavy atom. The smallest absolute Gasteiger partial charge is 0.338 e. The number of carbonyl (C=O) groups excluding carboxylic acids is 1. The van der Waals surface area contributed by atoms with Gasteiger partial charge >= 0.3 is 5.97 Å². The Morgan fingerprint density at radius 2 is 2.20 bits per heavy atom. The Kier molecular flexibility index (Phi) is 2.40. The number of methoxy groups -OCH3 is 1. The van der Waals surface area contributed by atoms with Crippen molar-refractivity contribution in [3.63, 3.8) is 0 Å². The second-order valence-corrected chi connectivity index (χ2v) is 3.17. The van der Waals surface area contributed by atoms with E-state index in [1.54, 1.807) is 0 Å². The number of halogens is 2. The van der Waals surface area contributed by atoms with Crippen LogP contribution in [0.5, 0.6) is 0 Å². The number of ether oxygens (including phenoxy) is 2. The SMILES string of the molecule is COC(=O)[C@@H]1O[C@@H]1c1ccc(F)cc1F. The minimum Gasteiger partial charge on any atom is -0.467 e. The molecule has 0 saturated carbocycles. The van der Waals surface area contributed by atoms with Crippen LogP contribution in [0, 0.1) is 11.6 Å². The van der Waals surface area contributed by atoms with Gasteiger partial charge in [-0.15, -0.1) is 0 Å². The molecule has 0 radical (unpaired) electrons. The van der Waals surface area contributed by atoms with E-state index in [0.29, 0.717) is 0 Å². The molecule has 0 aliphatic carbocycles.